The molecule has 0 aliphatic carbocycles. The lowest BCUT2D eigenvalue weighted by Crippen LogP contribution is -2.60. The minimum Gasteiger partial charge on any atom is -0.480 e. The molecule has 1 heterocycles. The predicted molar refractivity (Wildman–Crippen MR) is 246 cm³/mol. The van der Waals surface area contributed by atoms with Gasteiger partial charge in [-0.25, -0.2) is 9.59 Å². The van der Waals surface area contributed by atoms with Gasteiger partial charge in [-0.2, -0.15) is 0 Å². The second-order valence-corrected chi connectivity index (χ2v) is 17.8. The summed E-state index contributed by atoms with van der Waals surface area (Å²) in [7, 11) is 7.87. The number of likely N-dealkylation sites (tertiary alicyclic amines) is 1. The highest BCUT2D eigenvalue weighted by Gasteiger charge is 2.44. The van der Waals surface area contributed by atoms with E-state index in [4.69, 9.17) is 14.2 Å². The first kappa shape index (κ1) is 54.1. The third kappa shape index (κ3) is 14.1. The van der Waals surface area contributed by atoms with Crippen LogP contribution in [0.15, 0.2) is 54.6 Å². The van der Waals surface area contributed by atoms with Crippen LogP contribution in [0.5, 0.6) is 0 Å². The summed E-state index contributed by atoms with van der Waals surface area (Å²) < 4.78 is 17.4. The highest BCUT2D eigenvalue weighted by Crippen LogP contribution is 2.30. The summed E-state index contributed by atoms with van der Waals surface area (Å²) in [4.78, 5) is 86.5. The van der Waals surface area contributed by atoms with Crippen LogP contribution in [0.2, 0.25) is 0 Å². The molecular weight excluding hydrogens is 837 g/mol. The Labute approximate surface area is 384 Å². The fraction of sp³-hybridized carbons (Fsp3) is 0.625. The molecule has 1 unspecified atom stereocenters. The fourth-order valence-corrected chi connectivity index (χ4v) is 8.73. The zero-order chi connectivity index (χ0) is 48.7. The van der Waals surface area contributed by atoms with Crippen molar-refractivity contribution >= 4 is 41.4 Å². The molecule has 5 amide bonds. The number of carbonyl (C=O) groups is 6. The van der Waals surface area contributed by atoms with Crippen LogP contribution in [0, 0.1) is 23.7 Å². The molecule has 65 heavy (non-hydrogen) atoms. The van der Waals surface area contributed by atoms with Crippen molar-refractivity contribution in [2.24, 2.45) is 23.7 Å². The van der Waals surface area contributed by atoms with Gasteiger partial charge >= 0.3 is 12.1 Å². The Hall–Kier alpha value is -5.26. The standard InChI is InChI=1S/C48H74N6O11/c1-13-30(6)41(52(9)46(59)38(28(2)3)50-45(58)40(29(4)5)53(10)48(62)65-27-32-21-23-34(49-8)24-22-32)36(63-11)26-37(55)54-25-17-20-35(54)43(64-12)31(7)44(57)51-39(47(60)61)42(56)33-18-15-14-16-19-33/h14-16,18-19,21-24,28-31,35-36,38-43,49,56H,13,17,20,25-27H2,1-12H3,(H,50,58)(H,51,57)(H,60,61)/t30-,31+,35-,36?,38-,39-,40-,41-,42-,43+/m0/s1. The normalized spacial score (nSPS) is 18.0. The van der Waals surface area contributed by atoms with Gasteiger partial charge in [0.2, 0.25) is 23.6 Å². The minimum absolute atomic E-state index is 0.00958. The number of anilines is 1. The molecule has 0 radical (unpaired) electrons. The summed E-state index contributed by atoms with van der Waals surface area (Å²) in [5.74, 6) is -5.00. The third-order valence-corrected chi connectivity index (χ3v) is 12.7. The van der Waals surface area contributed by atoms with Crippen LogP contribution >= 0.6 is 0 Å². The van der Waals surface area contributed by atoms with Gasteiger partial charge in [-0.15, -0.1) is 0 Å². The number of benzene rings is 2. The van der Waals surface area contributed by atoms with Gasteiger partial charge in [0, 0.05) is 47.6 Å². The van der Waals surface area contributed by atoms with Crippen molar-refractivity contribution < 1.29 is 53.2 Å². The van der Waals surface area contributed by atoms with E-state index in [9.17, 15) is 39.0 Å². The molecule has 5 N–H and O–H groups in total. The zero-order valence-electron chi connectivity index (χ0n) is 40.3. The number of hydrogen-bond acceptors (Lipinski definition) is 11. The van der Waals surface area contributed by atoms with Crippen LogP contribution in [-0.4, -0.2) is 145 Å². The molecule has 1 aliphatic heterocycles. The van der Waals surface area contributed by atoms with E-state index in [2.05, 4.69) is 16.0 Å². The Bertz CT molecular complexity index is 1870. The lowest BCUT2D eigenvalue weighted by Gasteiger charge is -2.41. The van der Waals surface area contributed by atoms with Crippen LogP contribution in [0.25, 0.3) is 0 Å². The maximum absolute atomic E-state index is 14.5. The molecule has 17 heteroatoms. The molecule has 0 aromatic heterocycles. The van der Waals surface area contributed by atoms with Crippen molar-refractivity contribution in [1.82, 2.24) is 25.3 Å². The Kier molecular flexibility index (Phi) is 21.2. The monoisotopic (exact) mass is 911 g/mol. The molecule has 17 nitrogen and oxygen atoms in total. The van der Waals surface area contributed by atoms with Gasteiger partial charge < -0.3 is 50.2 Å². The topological polar surface area (TPSA) is 216 Å². The van der Waals surface area contributed by atoms with Crippen LogP contribution in [0.1, 0.15) is 91.4 Å². The average Bonchev–Trinajstić information content (AvgIpc) is 3.78. The third-order valence-electron chi connectivity index (χ3n) is 12.7. The highest BCUT2D eigenvalue weighted by atomic mass is 16.6. The van der Waals surface area contributed by atoms with E-state index in [1.807, 2.05) is 72.9 Å². The molecule has 3 rings (SSSR count). The predicted octanol–water partition coefficient (Wildman–Crippen LogP) is 4.69. The number of methoxy groups -OCH3 is 2. The SMILES string of the molecule is CC[C@H](C)[C@@H](C(CC(=O)N1CCC[C@H]1[C@H](OC)[C@@H](C)C(=O)N[C@H](C(=O)O)[C@@H](O)c1ccccc1)OC)N(C)C(=O)[C@@H](NC(=O)[C@H](C(C)C)N(C)C(=O)OCc1ccc(NC)cc1)C(C)C. The van der Waals surface area contributed by atoms with Gasteiger partial charge in [-0.05, 0) is 53.9 Å². The fourth-order valence-electron chi connectivity index (χ4n) is 8.73. The molecule has 2 aromatic carbocycles. The Morgan fingerprint density at radius 2 is 1.45 bits per heavy atom. The van der Waals surface area contributed by atoms with Crippen molar-refractivity contribution in [3.05, 3.63) is 65.7 Å². The van der Waals surface area contributed by atoms with E-state index in [0.29, 0.717) is 31.4 Å². The quantitative estimate of drug-likeness (QED) is 0.0971. The molecule has 0 bridgehead atoms. The van der Waals surface area contributed by atoms with Crippen molar-refractivity contribution in [2.75, 3.05) is 47.2 Å². The number of carboxylic acids is 1. The zero-order valence-corrected chi connectivity index (χ0v) is 40.3. The molecule has 0 saturated carbocycles. The number of aliphatic hydroxyl groups is 1. The average molecular weight is 911 g/mol. The van der Waals surface area contributed by atoms with E-state index in [0.717, 1.165) is 11.3 Å². The molecule has 0 spiro atoms. The van der Waals surface area contributed by atoms with E-state index in [1.54, 1.807) is 54.1 Å². The van der Waals surface area contributed by atoms with E-state index in [1.165, 1.54) is 26.2 Å². The Morgan fingerprint density at radius 3 is 1.97 bits per heavy atom. The molecule has 2 aromatic rings. The van der Waals surface area contributed by atoms with Crippen LogP contribution in [-0.2, 0) is 44.8 Å². The number of nitrogens with one attached hydrogen (secondary N) is 3. The van der Waals surface area contributed by atoms with Crippen LogP contribution < -0.4 is 16.0 Å². The Morgan fingerprint density at radius 1 is 0.831 bits per heavy atom. The molecule has 1 saturated heterocycles. The van der Waals surface area contributed by atoms with Crippen LogP contribution in [0.3, 0.4) is 0 Å². The molecule has 362 valence electrons. The van der Waals surface area contributed by atoms with Crippen molar-refractivity contribution in [3.8, 4) is 0 Å². The van der Waals surface area contributed by atoms with Gasteiger partial charge in [0.05, 0.1) is 36.6 Å². The first-order chi connectivity index (χ1) is 30.7. The maximum atomic E-state index is 14.5. The van der Waals surface area contributed by atoms with Crippen molar-refractivity contribution in [1.29, 1.82) is 0 Å². The molecule has 10 atom stereocenters. The number of hydrogen-bond donors (Lipinski definition) is 5. The van der Waals surface area contributed by atoms with Gasteiger partial charge in [-0.3, -0.25) is 24.1 Å². The number of rotatable bonds is 24. The van der Waals surface area contributed by atoms with Gasteiger partial charge in [0.25, 0.3) is 0 Å². The second-order valence-electron chi connectivity index (χ2n) is 17.8. The molecular formula is C48H74N6O11. The first-order valence-corrected chi connectivity index (χ1v) is 22.6. The van der Waals surface area contributed by atoms with Gasteiger partial charge in [-0.1, -0.05) is 97.4 Å². The largest absolute Gasteiger partial charge is 0.480 e. The summed E-state index contributed by atoms with van der Waals surface area (Å²) >= 11 is 0. The van der Waals surface area contributed by atoms with Crippen molar-refractivity contribution in [2.45, 2.75) is 129 Å². The summed E-state index contributed by atoms with van der Waals surface area (Å²) in [6, 6.07) is 10.9. The number of likely N-dealkylation sites (N-methyl/N-ethyl adjacent to an activating group) is 2. The molecule has 1 aliphatic rings. The van der Waals surface area contributed by atoms with E-state index < -0.39 is 78.3 Å². The lowest BCUT2D eigenvalue weighted by molar-refractivity contribution is -0.149. The van der Waals surface area contributed by atoms with E-state index >= 15 is 0 Å². The smallest absolute Gasteiger partial charge is 0.410 e. The number of carbonyl (C=O) groups excluding carboxylic acids is 5. The highest BCUT2D eigenvalue weighted by molar-refractivity contribution is 5.92. The van der Waals surface area contributed by atoms with Crippen LogP contribution in [0.4, 0.5) is 10.5 Å². The minimum atomic E-state index is -1.63. The maximum Gasteiger partial charge on any atom is 0.410 e. The second kappa shape index (κ2) is 25.4. The molecule has 1 fully saturated rings. The van der Waals surface area contributed by atoms with E-state index in [-0.39, 0.29) is 42.6 Å². The van der Waals surface area contributed by atoms with Gasteiger partial charge in [0.1, 0.15) is 24.8 Å². The van der Waals surface area contributed by atoms with Gasteiger partial charge in [0.15, 0.2) is 6.04 Å². The summed E-state index contributed by atoms with van der Waals surface area (Å²) in [6.07, 6.45) is -2.11. The summed E-state index contributed by atoms with van der Waals surface area (Å²) in [5.41, 5.74) is 2.02. The number of aliphatic hydroxyl groups excluding tert-OH is 1. The Balaban J connectivity index is 1.77. The number of ether oxygens (including phenoxy) is 3. The number of nitrogens with zero attached hydrogens (tertiary/aromatic N) is 3. The number of aliphatic carboxylic acids is 1. The summed E-state index contributed by atoms with van der Waals surface area (Å²) in [5, 5.41) is 29.3. The first-order valence-electron chi connectivity index (χ1n) is 22.6. The number of carboxylic acid groups (broad SMARTS) is 1. The van der Waals surface area contributed by atoms with Crippen molar-refractivity contribution in [3.63, 3.8) is 0 Å². The number of amides is 5. The lowest BCUT2D eigenvalue weighted by atomic mass is 9.89. The summed E-state index contributed by atoms with van der Waals surface area (Å²) in [6.45, 7) is 13.2.